The van der Waals surface area contributed by atoms with E-state index in [1.807, 2.05) is 7.05 Å². The number of ether oxygens (including phenoxy) is 1. The third-order valence-electron chi connectivity index (χ3n) is 4.09. The van der Waals surface area contributed by atoms with Crippen LogP contribution in [0.1, 0.15) is 50.6 Å². The summed E-state index contributed by atoms with van der Waals surface area (Å²) < 4.78 is 7.34. The van der Waals surface area contributed by atoms with E-state index < -0.39 is 0 Å². The minimum Gasteiger partial charge on any atom is -0.376 e. The molecule has 19 heavy (non-hydrogen) atoms. The van der Waals surface area contributed by atoms with E-state index in [4.69, 9.17) is 4.74 Å². The van der Waals surface area contributed by atoms with E-state index in [0.717, 1.165) is 6.61 Å². The summed E-state index contributed by atoms with van der Waals surface area (Å²) in [5.74, 6) is 0.693. The summed E-state index contributed by atoms with van der Waals surface area (Å²) >= 11 is 5.42. The fraction of sp³-hybridized carbons (Fsp3) is 0.733. The Hall–Kier alpha value is 0.100. The van der Waals surface area contributed by atoms with Crippen molar-refractivity contribution in [1.82, 2.24) is 5.32 Å². The standard InChI is InChI=1S/C15H24BrNOS/c1-3-18-15(11-7-5-4-6-8-11)14(17-2)12-9-19-10-13(12)16/h9-11,14-15,17H,3-8H2,1-2H3. The molecule has 0 radical (unpaired) electrons. The Balaban J connectivity index is 2.17. The molecule has 0 aliphatic heterocycles. The molecule has 0 amide bonds. The van der Waals surface area contributed by atoms with Gasteiger partial charge >= 0.3 is 0 Å². The highest BCUT2D eigenvalue weighted by Crippen LogP contribution is 2.37. The lowest BCUT2D eigenvalue weighted by Gasteiger charge is -2.35. The zero-order valence-electron chi connectivity index (χ0n) is 11.8. The molecule has 2 unspecified atom stereocenters. The van der Waals surface area contributed by atoms with Crippen LogP contribution in [0, 0.1) is 5.92 Å². The van der Waals surface area contributed by atoms with E-state index in [1.165, 1.54) is 42.1 Å². The predicted octanol–water partition coefficient (Wildman–Crippen LogP) is 4.76. The van der Waals surface area contributed by atoms with Gasteiger partial charge in [0.2, 0.25) is 0 Å². The molecule has 0 bridgehead atoms. The number of halogens is 1. The Morgan fingerprint density at radius 3 is 2.63 bits per heavy atom. The van der Waals surface area contributed by atoms with Crippen molar-refractivity contribution in [2.24, 2.45) is 5.92 Å². The highest BCUT2D eigenvalue weighted by Gasteiger charge is 2.32. The van der Waals surface area contributed by atoms with E-state index in [2.05, 4.69) is 38.9 Å². The second kappa shape index (κ2) is 7.77. The van der Waals surface area contributed by atoms with Crippen LogP contribution in [0.3, 0.4) is 0 Å². The van der Waals surface area contributed by atoms with Crippen LogP contribution in [0.4, 0.5) is 0 Å². The number of hydrogen-bond acceptors (Lipinski definition) is 3. The van der Waals surface area contributed by atoms with Crippen LogP contribution in [0.25, 0.3) is 0 Å². The average molecular weight is 346 g/mol. The van der Waals surface area contributed by atoms with E-state index >= 15 is 0 Å². The van der Waals surface area contributed by atoms with Crippen molar-refractivity contribution in [2.45, 2.75) is 51.2 Å². The Kier molecular flexibility index (Phi) is 6.33. The minimum atomic E-state index is 0.293. The first kappa shape index (κ1) is 15.5. The zero-order valence-corrected chi connectivity index (χ0v) is 14.2. The van der Waals surface area contributed by atoms with Gasteiger partial charge in [-0.2, -0.15) is 11.3 Å². The monoisotopic (exact) mass is 345 g/mol. The van der Waals surface area contributed by atoms with Crippen LogP contribution < -0.4 is 5.32 Å². The quantitative estimate of drug-likeness (QED) is 0.802. The Labute approximate surface area is 129 Å². The van der Waals surface area contributed by atoms with Crippen LogP contribution in [0.5, 0.6) is 0 Å². The largest absolute Gasteiger partial charge is 0.376 e. The normalized spacial score (nSPS) is 20.4. The molecular weight excluding hydrogens is 322 g/mol. The lowest BCUT2D eigenvalue weighted by Crippen LogP contribution is -2.38. The third kappa shape index (κ3) is 3.81. The number of hydrogen-bond donors (Lipinski definition) is 1. The van der Waals surface area contributed by atoms with Gasteiger partial charge in [0.05, 0.1) is 12.1 Å². The van der Waals surface area contributed by atoms with Gasteiger partial charge in [-0.15, -0.1) is 0 Å². The first-order chi connectivity index (χ1) is 9.27. The van der Waals surface area contributed by atoms with Gasteiger partial charge in [0.1, 0.15) is 0 Å². The van der Waals surface area contributed by atoms with Crippen molar-refractivity contribution in [3.8, 4) is 0 Å². The highest BCUT2D eigenvalue weighted by molar-refractivity contribution is 9.10. The van der Waals surface area contributed by atoms with Crippen molar-refractivity contribution >= 4 is 27.3 Å². The van der Waals surface area contributed by atoms with Crippen molar-refractivity contribution in [1.29, 1.82) is 0 Å². The summed E-state index contributed by atoms with van der Waals surface area (Å²) in [6.07, 6.45) is 7.02. The number of rotatable bonds is 6. The minimum absolute atomic E-state index is 0.293. The fourth-order valence-electron chi connectivity index (χ4n) is 3.17. The van der Waals surface area contributed by atoms with Crippen LogP contribution in [-0.4, -0.2) is 19.8 Å². The molecule has 1 saturated carbocycles. The summed E-state index contributed by atoms with van der Waals surface area (Å²) in [6, 6.07) is 0.295. The molecule has 1 heterocycles. The number of likely N-dealkylation sites (N-methyl/N-ethyl adjacent to an activating group) is 1. The van der Waals surface area contributed by atoms with Gasteiger partial charge in [0.25, 0.3) is 0 Å². The van der Waals surface area contributed by atoms with Gasteiger partial charge in [0.15, 0.2) is 0 Å². The lowest BCUT2D eigenvalue weighted by atomic mass is 9.81. The Morgan fingerprint density at radius 1 is 1.37 bits per heavy atom. The van der Waals surface area contributed by atoms with Crippen LogP contribution >= 0.6 is 27.3 Å². The molecule has 0 aromatic carbocycles. The maximum atomic E-state index is 6.13. The molecule has 2 atom stereocenters. The van der Waals surface area contributed by atoms with E-state index in [0.29, 0.717) is 18.1 Å². The van der Waals surface area contributed by atoms with Crippen molar-refractivity contribution in [3.05, 3.63) is 20.8 Å². The van der Waals surface area contributed by atoms with Gasteiger partial charge in [-0.1, -0.05) is 19.3 Å². The van der Waals surface area contributed by atoms with Gasteiger partial charge in [-0.3, -0.25) is 0 Å². The summed E-state index contributed by atoms with van der Waals surface area (Å²) in [4.78, 5) is 0. The number of thiophene rings is 1. The second-order valence-corrected chi connectivity index (χ2v) is 6.86. The second-order valence-electron chi connectivity index (χ2n) is 5.26. The Bertz CT molecular complexity index is 376. The van der Waals surface area contributed by atoms with Gasteiger partial charge in [0, 0.05) is 16.5 Å². The maximum Gasteiger partial charge on any atom is 0.0798 e. The lowest BCUT2D eigenvalue weighted by molar-refractivity contribution is -0.0168. The summed E-state index contributed by atoms with van der Waals surface area (Å²) in [7, 11) is 2.05. The van der Waals surface area contributed by atoms with E-state index in [9.17, 15) is 0 Å². The molecule has 1 aromatic rings. The van der Waals surface area contributed by atoms with Crippen molar-refractivity contribution in [2.75, 3.05) is 13.7 Å². The van der Waals surface area contributed by atoms with E-state index in [-0.39, 0.29) is 0 Å². The van der Waals surface area contributed by atoms with Gasteiger partial charge in [-0.25, -0.2) is 0 Å². The van der Waals surface area contributed by atoms with Crippen LogP contribution in [0.15, 0.2) is 15.2 Å². The Morgan fingerprint density at radius 2 is 2.11 bits per heavy atom. The number of nitrogens with one attached hydrogen (secondary N) is 1. The van der Waals surface area contributed by atoms with Gasteiger partial charge < -0.3 is 10.1 Å². The molecule has 1 aromatic heterocycles. The molecule has 4 heteroatoms. The molecule has 1 N–H and O–H groups in total. The average Bonchev–Trinajstić information content (AvgIpc) is 2.86. The van der Waals surface area contributed by atoms with Gasteiger partial charge in [-0.05, 0) is 59.6 Å². The third-order valence-corrected chi connectivity index (χ3v) is 5.84. The molecule has 1 aliphatic carbocycles. The molecular formula is C15H24BrNOS. The first-order valence-electron chi connectivity index (χ1n) is 7.28. The molecule has 1 aliphatic rings. The van der Waals surface area contributed by atoms with Crippen molar-refractivity contribution < 1.29 is 4.74 Å². The van der Waals surface area contributed by atoms with Crippen molar-refractivity contribution in [3.63, 3.8) is 0 Å². The maximum absolute atomic E-state index is 6.13. The van der Waals surface area contributed by atoms with Crippen LogP contribution in [-0.2, 0) is 4.74 Å². The smallest absolute Gasteiger partial charge is 0.0798 e. The molecule has 2 nitrogen and oxygen atoms in total. The van der Waals surface area contributed by atoms with Crippen LogP contribution in [0.2, 0.25) is 0 Å². The summed E-state index contributed by atoms with van der Waals surface area (Å²) in [5.41, 5.74) is 1.34. The van der Waals surface area contributed by atoms with E-state index in [1.54, 1.807) is 11.3 Å². The molecule has 1 fully saturated rings. The molecule has 2 rings (SSSR count). The molecule has 0 spiro atoms. The zero-order chi connectivity index (χ0) is 13.7. The molecule has 0 saturated heterocycles. The first-order valence-corrected chi connectivity index (χ1v) is 9.02. The fourth-order valence-corrected chi connectivity index (χ4v) is 4.75. The predicted molar refractivity (Wildman–Crippen MR) is 85.8 cm³/mol. The highest BCUT2D eigenvalue weighted by atomic mass is 79.9. The topological polar surface area (TPSA) is 21.3 Å². The summed E-state index contributed by atoms with van der Waals surface area (Å²) in [5, 5.41) is 7.87. The SMILES string of the molecule is CCOC(C1CCCCC1)C(NC)c1cscc1Br. The summed E-state index contributed by atoms with van der Waals surface area (Å²) in [6.45, 7) is 2.90. The molecule has 108 valence electrons.